The molecule has 0 atom stereocenters. The van der Waals surface area contributed by atoms with Gasteiger partial charge in [-0.25, -0.2) is 0 Å². The molecule has 3 heteroatoms. The first kappa shape index (κ1) is 5.00. The Morgan fingerprint density at radius 1 is 1.71 bits per heavy atom. The third kappa shape index (κ3) is 1.11. The summed E-state index contributed by atoms with van der Waals surface area (Å²) in [6.07, 6.45) is 0. The van der Waals surface area contributed by atoms with Crippen molar-refractivity contribution in [3.8, 4) is 0 Å². The Bertz CT molecular complexity index is 124. The van der Waals surface area contributed by atoms with Crippen LogP contribution in [0.3, 0.4) is 0 Å². The highest BCUT2D eigenvalue weighted by molar-refractivity contribution is 7.82. The van der Waals surface area contributed by atoms with Gasteiger partial charge in [-0.1, -0.05) is 12.8 Å². The molecule has 0 unspecified atom stereocenters. The Hall–Kier alpha value is -0.150. The summed E-state index contributed by atoms with van der Waals surface area (Å²) in [7, 11) is 0. The van der Waals surface area contributed by atoms with Gasteiger partial charge in [-0.15, -0.1) is 11.3 Å². The van der Waals surface area contributed by atoms with E-state index in [1.807, 2.05) is 17.5 Å². The molecule has 0 radical (unpaired) electrons. The molecule has 0 saturated heterocycles. The third-order valence-corrected chi connectivity index (χ3v) is 1.81. The minimum atomic E-state index is 1.09. The molecule has 1 heterocycles. The molecule has 1 aromatic heterocycles. The van der Waals surface area contributed by atoms with Crippen LogP contribution in [-0.4, -0.2) is 0 Å². The van der Waals surface area contributed by atoms with E-state index in [2.05, 4.69) is 17.5 Å². The van der Waals surface area contributed by atoms with Gasteiger partial charge in [-0.3, -0.25) is 0 Å². The number of thiol groups is 1. The average molecular weight is 131 g/mol. The van der Waals surface area contributed by atoms with Crippen LogP contribution in [0.4, 0.5) is 5.00 Å². The standard InChI is InChI=1S/C4H5NS2/c6-5-4-2-1-3-7-4/h1-3,5-6H. The van der Waals surface area contributed by atoms with Crippen LogP contribution in [-0.2, 0) is 0 Å². The van der Waals surface area contributed by atoms with Crippen molar-refractivity contribution in [1.29, 1.82) is 0 Å². The molecule has 1 N–H and O–H groups in total. The van der Waals surface area contributed by atoms with E-state index in [-0.39, 0.29) is 0 Å². The highest BCUT2D eigenvalue weighted by atomic mass is 32.1. The quantitative estimate of drug-likeness (QED) is 0.555. The van der Waals surface area contributed by atoms with Crippen molar-refractivity contribution >= 4 is 29.2 Å². The van der Waals surface area contributed by atoms with Crippen molar-refractivity contribution in [2.45, 2.75) is 0 Å². The lowest BCUT2D eigenvalue weighted by Gasteiger charge is -1.84. The largest absolute Gasteiger partial charge is 0.324 e. The minimum Gasteiger partial charge on any atom is -0.324 e. The zero-order valence-corrected chi connectivity index (χ0v) is 5.30. The van der Waals surface area contributed by atoms with Crippen LogP contribution in [0.5, 0.6) is 0 Å². The van der Waals surface area contributed by atoms with Gasteiger partial charge >= 0.3 is 0 Å². The Labute approximate surface area is 51.9 Å². The second kappa shape index (κ2) is 2.23. The predicted octanol–water partition coefficient (Wildman–Crippen LogP) is 2.00. The molecule has 0 aromatic carbocycles. The van der Waals surface area contributed by atoms with Crippen molar-refractivity contribution in [2.75, 3.05) is 4.72 Å². The van der Waals surface area contributed by atoms with Crippen LogP contribution in [0.1, 0.15) is 0 Å². The van der Waals surface area contributed by atoms with Gasteiger partial charge in [0.15, 0.2) is 0 Å². The van der Waals surface area contributed by atoms with Crippen LogP contribution in [0.25, 0.3) is 0 Å². The first-order valence-corrected chi connectivity index (χ1v) is 3.20. The summed E-state index contributed by atoms with van der Waals surface area (Å²) in [5, 5.41) is 3.08. The molecule has 0 amide bonds. The molecule has 0 aliphatic heterocycles. The van der Waals surface area contributed by atoms with Gasteiger partial charge in [-0.2, -0.15) is 0 Å². The molecular weight excluding hydrogens is 126 g/mol. The maximum atomic E-state index is 3.84. The van der Waals surface area contributed by atoms with Crippen molar-refractivity contribution in [1.82, 2.24) is 0 Å². The van der Waals surface area contributed by atoms with E-state index in [0.717, 1.165) is 5.00 Å². The average Bonchev–Trinajstić information content (AvgIpc) is 2.14. The zero-order valence-electron chi connectivity index (χ0n) is 3.59. The summed E-state index contributed by atoms with van der Waals surface area (Å²) in [6.45, 7) is 0. The molecule has 1 aromatic rings. The fourth-order valence-corrected chi connectivity index (χ4v) is 1.09. The Kier molecular flexibility index (Phi) is 1.59. The zero-order chi connectivity index (χ0) is 5.11. The number of rotatable bonds is 1. The number of nitrogens with one attached hydrogen (secondary N) is 1. The topological polar surface area (TPSA) is 12.0 Å². The molecule has 0 spiro atoms. The molecule has 0 aliphatic carbocycles. The van der Waals surface area contributed by atoms with Crippen LogP contribution >= 0.6 is 24.2 Å². The van der Waals surface area contributed by atoms with Gasteiger partial charge in [0.1, 0.15) is 0 Å². The van der Waals surface area contributed by atoms with E-state index < -0.39 is 0 Å². The highest BCUT2D eigenvalue weighted by Gasteiger charge is 1.81. The summed E-state index contributed by atoms with van der Waals surface area (Å²) >= 11 is 5.47. The normalized spacial score (nSPS) is 8.71. The lowest BCUT2D eigenvalue weighted by atomic mass is 10.6. The van der Waals surface area contributed by atoms with E-state index in [9.17, 15) is 0 Å². The van der Waals surface area contributed by atoms with E-state index >= 15 is 0 Å². The highest BCUT2D eigenvalue weighted by Crippen LogP contribution is 2.14. The Morgan fingerprint density at radius 2 is 2.57 bits per heavy atom. The van der Waals surface area contributed by atoms with Crippen molar-refractivity contribution in [3.05, 3.63) is 17.5 Å². The van der Waals surface area contributed by atoms with E-state index in [4.69, 9.17) is 0 Å². The molecule has 0 fully saturated rings. The number of anilines is 1. The fraction of sp³-hybridized carbons (Fsp3) is 0. The van der Waals surface area contributed by atoms with Gasteiger partial charge in [0.2, 0.25) is 0 Å². The first-order valence-electron chi connectivity index (χ1n) is 1.87. The van der Waals surface area contributed by atoms with Crippen LogP contribution in [0, 0.1) is 0 Å². The summed E-state index contributed by atoms with van der Waals surface area (Å²) in [5.74, 6) is 0. The monoisotopic (exact) mass is 131 g/mol. The van der Waals surface area contributed by atoms with Crippen molar-refractivity contribution < 1.29 is 0 Å². The number of hydrogen-bond acceptors (Lipinski definition) is 3. The minimum absolute atomic E-state index is 1.09. The van der Waals surface area contributed by atoms with Gasteiger partial charge < -0.3 is 4.72 Å². The smallest absolute Gasteiger partial charge is 0.0979 e. The molecule has 0 aliphatic rings. The second-order valence-corrected chi connectivity index (χ2v) is 2.26. The van der Waals surface area contributed by atoms with Crippen LogP contribution < -0.4 is 4.72 Å². The fourth-order valence-electron chi connectivity index (χ4n) is 0.342. The maximum Gasteiger partial charge on any atom is 0.0979 e. The Balaban J connectivity index is 2.76. The molecule has 7 heavy (non-hydrogen) atoms. The van der Waals surface area contributed by atoms with Crippen molar-refractivity contribution in [2.24, 2.45) is 0 Å². The lowest BCUT2D eigenvalue weighted by Crippen LogP contribution is -1.67. The summed E-state index contributed by atoms with van der Waals surface area (Å²) in [4.78, 5) is 0. The van der Waals surface area contributed by atoms with Crippen LogP contribution in [0.15, 0.2) is 17.5 Å². The molecule has 38 valence electrons. The second-order valence-electron chi connectivity index (χ2n) is 1.09. The van der Waals surface area contributed by atoms with Crippen LogP contribution in [0.2, 0.25) is 0 Å². The summed E-state index contributed by atoms with van der Waals surface area (Å²) in [6, 6.07) is 3.95. The molecule has 0 bridgehead atoms. The third-order valence-electron chi connectivity index (χ3n) is 0.631. The Morgan fingerprint density at radius 3 is 2.86 bits per heavy atom. The lowest BCUT2D eigenvalue weighted by molar-refractivity contribution is 1.94. The van der Waals surface area contributed by atoms with E-state index in [0.29, 0.717) is 0 Å². The molecule has 0 saturated carbocycles. The molecule has 1 rings (SSSR count). The first-order chi connectivity index (χ1) is 3.43. The molecule has 1 nitrogen and oxygen atoms in total. The number of hydrogen-bond donors (Lipinski definition) is 2. The summed E-state index contributed by atoms with van der Waals surface area (Å²) in [5.41, 5.74) is 0. The van der Waals surface area contributed by atoms with Gasteiger partial charge in [-0.05, 0) is 17.5 Å². The summed E-state index contributed by atoms with van der Waals surface area (Å²) < 4.78 is 2.72. The SMILES string of the molecule is SNc1cccs1. The van der Waals surface area contributed by atoms with Gasteiger partial charge in [0.25, 0.3) is 0 Å². The van der Waals surface area contributed by atoms with Crippen molar-refractivity contribution in [3.63, 3.8) is 0 Å². The predicted molar refractivity (Wildman–Crippen MR) is 36.9 cm³/mol. The van der Waals surface area contributed by atoms with Gasteiger partial charge in [0, 0.05) is 0 Å². The number of thiophene rings is 1. The maximum absolute atomic E-state index is 3.84. The van der Waals surface area contributed by atoms with E-state index in [1.165, 1.54) is 0 Å². The van der Waals surface area contributed by atoms with Gasteiger partial charge in [0.05, 0.1) is 5.00 Å². The van der Waals surface area contributed by atoms with E-state index in [1.54, 1.807) is 11.3 Å². The molecular formula is C4H5NS2.